The molecule has 7 heteroatoms. The predicted molar refractivity (Wildman–Crippen MR) is 78.3 cm³/mol. The van der Waals surface area contributed by atoms with Crippen molar-refractivity contribution in [1.82, 2.24) is 10.2 Å². The molecule has 0 saturated carbocycles. The molecule has 0 N–H and O–H groups in total. The molecule has 0 amide bonds. The topological polar surface area (TPSA) is 74.5 Å². The summed E-state index contributed by atoms with van der Waals surface area (Å²) in [6.45, 7) is 2.17. The largest absolute Gasteiger partial charge is 0.496 e. The molecule has 0 radical (unpaired) electrons. The number of hydrogen-bond acceptors (Lipinski definition) is 7. The van der Waals surface area contributed by atoms with Crippen LogP contribution < -0.4 is 4.74 Å². The number of esters is 1. The van der Waals surface area contributed by atoms with Crippen molar-refractivity contribution in [3.8, 4) is 17.2 Å². The van der Waals surface area contributed by atoms with Crippen LogP contribution in [0.5, 0.6) is 5.75 Å². The van der Waals surface area contributed by atoms with Crippen LogP contribution in [-0.4, -0.2) is 35.6 Å². The average Bonchev–Trinajstić information content (AvgIpc) is 2.96. The fraction of sp³-hybridized carbons (Fsp3) is 0.357. The first kappa shape index (κ1) is 15.4. The number of rotatable bonds is 7. The number of nitrogens with zero attached hydrogens (tertiary/aromatic N) is 2. The highest BCUT2D eigenvalue weighted by Crippen LogP contribution is 2.30. The van der Waals surface area contributed by atoms with Gasteiger partial charge < -0.3 is 13.9 Å². The minimum Gasteiger partial charge on any atom is -0.496 e. The van der Waals surface area contributed by atoms with Crippen molar-refractivity contribution in [2.24, 2.45) is 0 Å². The fourth-order valence-corrected chi connectivity index (χ4v) is 2.33. The smallest absolute Gasteiger partial charge is 0.306 e. The van der Waals surface area contributed by atoms with Crippen LogP contribution in [0.1, 0.15) is 13.3 Å². The van der Waals surface area contributed by atoms with Crippen molar-refractivity contribution >= 4 is 17.7 Å². The molecule has 2 aromatic rings. The lowest BCUT2D eigenvalue weighted by atomic mass is 10.2. The second kappa shape index (κ2) is 7.68. The van der Waals surface area contributed by atoms with Crippen LogP contribution >= 0.6 is 11.8 Å². The van der Waals surface area contributed by atoms with E-state index >= 15 is 0 Å². The lowest BCUT2D eigenvalue weighted by molar-refractivity contribution is -0.142. The van der Waals surface area contributed by atoms with E-state index in [1.54, 1.807) is 14.0 Å². The lowest BCUT2D eigenvalue weighted by Gasteiger charge is -2.03. The molecule has 2 rings (SSSR count). The molecule has 0 aliphatic carbocycles. The molecule has 0 fully saturated rings. The van der Waals surface area contributed by atoms with E-state index in [9.17, 15) is 4.79 Å². The molecule has 0 aliphatic heterocycles. The number of aromatic nitrogens is 2. The van der Waals surface area contributed by atoms with Crippen molar-refractivity contribution < 1.29 is 18.7 Å². The lowest BCUT2D eigenvalue weighted by Crippen LogP contribution is -2.04. The number of hydrogen-bond donors (Lipinski definition) is 0. The maximum atomic E-state index is 11.2. The molecular weight excluding hydrogens is 292 g/mol. The minimum absolute atomic E-state index is 0.227. The molecule has 0 unspecified atom stereocenters. The highest BCUT2D eigenvalue weighted by Gasteiger charge is 2.13. The van der Waals surface area contributed by atoms with E-state index in [4.69, 9.17) is 13.9 Å². The Kier molecular flexibility index (Phi) is 5.62. The summed E-state index contributed by atoms with van der Waals surface area (Å²) in [6.07, 6.45) is 0.310. The van der Waals surface area contributed by atoms with Crippen LogP contribution in [0.25, 0.3) is 11.5 Å². The van der Waals surface area contributed by atoms with Gasteiger partial charge in [0.2, 0.25) is 0 Å². The number of carbonyl (C=O) groups is 1. The summed E-state index contributed by atoms with van der Waals surface area (Å²) in [5.41, 5.74) is 0.741. The summed E-state index contributed by atoms with van der Waals surface area (Å²) >= 11 is 1.32. The van der Waals surface area contributed by atoms with Gasteiger partial charge in [0.1, 0.15) is 5.75 Å². The van der Waals surface area contributed by atoms with Crippen molar-refractivity contribution in [3.05, 3.63) is 24.3 Å². The standard InChI is InChI=1S/C14H16N2O4S/c1-3-19-12(17)8-9-21-14-16-15-13(20-14)10-6-4-5-7-11(10)18-2/h4-7H,3,8-9H2,1-2H3. The molecule has 0 bridgehead atoms. The molecule has 112 valence electrons. The summed E-state index contributed by atoms with van der Waals surface area (Å²) in [7, 11) is 1.59. The van der Waals surface area contributed by atoms with Gasteiger partial charge in [-0.25, -0.2) is 0 Å². The second-order valence-corrected chi connectivity index (χ2v) is 5.02. The van der Waals surface area contributed by atoms with Crippen LogP contribution in [0, 0.1) is 0 Å². The molecular formula is C14H16N2O4S. The second-order valence-electron chi connectivity index (χ2n) is 3.98. The Morgan fingerprint density at radius 3 is 2.90 bits per heavy atom. The zero-order valence-corrected chi connectivity index (χ0v) is 12.7. The molecule has 0 saturated heterocycles. The number of para-hydroxylation sites is 1. The van der Waals surface area contributed by atoms with E-state index in [0.717, 1.165) is 5.56 Å². The van der Waals surface area contributed by atoms with Gasteiger partial charge in [-0.3, -0.25) is 4.79 Å². The van der Waals surface area contributed by atoms with Gasteiger partial charge in [0.15, 0.2) is 0 Å². The molecule has 6 nitrogen and oxygen atoms in total. The first-order valence-corrected chi connectivity index (χ1v) is 7.48. The van der Waals surface area contributed by atoms with E-state index in [-0.39, 0.29) is 5.97 Å². The van der Waals surface area contributed by atoms with E-state index in [2.05, 4.69) is 10.2 Å². The SMILES string of the molecule is CCOC(=O)CCSc1nnc(-c2ccccc2OC)o1. The average molecular weight is 308 g/mol. The van der Waals surface area contributed by atoms with Crippen molar-refractivity contribution in [2.45, 2.75) is 18.6 Å². The van der Waals surface area contributed by atoms with E-state index in [1.165, 1.54) is 11.8 Å². The van der Waals surface area contributed by atoms with Gasteiger partial charge in [-0.2, -0.15) is 0 Å². The van der Waals surface area contributed by atoms with Crippen LogP contribution in [0.2, 0.25) is 0 Å². The van der Waals surface area contributed by atoms with E-state index in [0.29, 0.717) is 35.6 Å². The number of methoxy groups -OCH3 is 1. The van der Waals surface area contributed by atoms with Crippen molar-refractivity contribution in [1.29, 1.82) is 0 Å². The molecule has 1 aromatic carbocycles. The zero-order chi connectivity index (χ0) is 15.1. The summed E-state index contributed by atoms with van der Waals surface area (Å²) < 4.78 is 15.7. The van der Waals surface area contributed by atoms with Crippen molar-refractivity contribution in [3.63, 3.8) is 0 Å². The van der Waals surface area contributed by atoms with Gasteiger partial charge >= 0.3 is 5.97 Å². The molecule has 1 heterocycles. The highest BCUT2D eigenvalue weighted by atomic mass is 32.2. The maximum absolute atomic E-state index is 11.2. The summed E-state index contributed by atoms with van der Waals surface area (Å²) in [6, 6.07) is 7.41. The van der Waals surface area contributed by atoms with Gasteiger partial charge in [-0.05, 0) is 19.1 Å². The molecule has 21 heavy (non-hydrogen) atoms. The molecule has 0 aliphatic rings. The third-order valence-corrected chi connectivity index (χ3v) is 3.40. The summed E-state index contributed by atoms with van der Waals surface area (Å²) in [5, 5.41) is 8.36. The van der Waals surface area contributed by atoms with Gasteiger partial charge in [0.05, 0.1) is 25.7 Å². The van der Waals surface area contributed by atoms with Crippen LogP contribution in [0.3, 0.4) is 0 Å². The van der Waals surface area contributed by atoms with Gasteiger partial charge in [-0.15, -0.1) is 10.2 Å². The first-order chi connectivity index (χ1) is 10.2. The Labute approximate surface area is 126 Å². The Morgan fingerprint density at radius 2 is 2.14 bits per heavy atom. The first-order valence-electron chi connectivity index (χ1n) is 6.50. The monoisotopic (exact) mass is 308 g/mol. The number of carbonyl (C=O) groups excluding carboxylic acids is 1. The van der Waals surface area contributed by atoms with Gasteiger partial charge in [0.25, 0.3) is 11.1 Å². The number of thioether (sulfide) groups is 1. The van der Waals surface area contributed by atoms with Crippen LogP contribution in [0.4, 0.5) is 0 Å². The predicted octanol–water partition coefficient (Wildman–Crippen LogP) is 2.79. The summed E-state index contributed by atoms with van der Waals surface area (Å²) in [5.74, 6) is 1.37. The minimum atomic E-state index is -0.227. The Morgan fingerprint density at radius 1 is 1.33 bits per heavy atom. The van der Waals surface area contributed by atoms with Crippen LogP contribution in [-0.2, 0) is 9.53 Å². The van der Waals surface area contributed by atoms with Gasteiger partial charge in [-0.1, -0.05) is 23.9 Å². The van der Waals surface area contributed by atoms with E-state index < -0.39 is 0 Å². The van der Waals surface area contributed by atoms with E-state index in [1.807, 2.05) is 24.3 Å². The normalized spacial score (nSPS) is 10.4. The Balaban J connectivity index is 1.97. The number of benzene rings is 1. The molecule has 1 aromatic heterocycles. The highest BCUT2D eigenvalue weighted by molar-refractivity contribution is 7.99. The third kappa shape index (κ3) is 4.22. The fourth-order valence-electron chi connectivity index (χ4n) is 1.65. The maximum Gasteiger partial charge on any atom is 0.306 e. The third-order valence-electron chi connectivity index (χ3n) is 2.58. The Hall–Kier alpha value is -2.02. The quantitative estimate of drug-likeness (QED) is 0.575. The number of ether oxygens (including phenoxy) is 2. The summed E-state index contributed by atoms with van der Waals surface area (Å²) in [4.78, 5) is 11.2. The van der Waals surface area contributed by atoms with Crippen molar-refractivity contribution in [2.75, 3.05) is 19.5 Å². The molecule has 0 atom stereocenters. The zero-order valence-electron chi connectivity index (χ0n) is 11.9. The Bertz CT molecular complexity index is 600. The van der Waals surface area contributed by atoms with Gasteiger partial charge in [0, 0.05) is 5.75 Å². The van der Waals surface area contributed by atoms with Crippen LogP contribution in [0.15, 0.2) is 33.9 Å². The molecule has 0 spiro atoms.